The molecule has 0 spiro atoms. The number of rotatable bonds is 5. The zero-order valence-electron chi connectivity index (χ0n) is 13.5. The van der Waals surface area contributed by atoms with E-state index in [0.29, 0.717) is 22.5 Å². The monoisotopic (exact) mass is 367 g/mol. The first-order valence-corrected chi connectivity index (χ1v) is 10.8. The average molecular weight is 367 g/mol. The minimum atomic E-state index is -3.54. The van der Waals surface area contributed by atoms with Gasteiger partial charge in [0.15, 0.2) is 26.3 Å². The van der Waals surface area contributed by atoms with E-state index in [1.165, 1.54) is 24.6 Å². The van der Waals surface area contributed by atoms with Crippen molar-refractivity contribution in [2.75, 3.05) is 12.5 Å². The van der Waals surface area contributed by atoms with Crippen molar-refractivity contribution < 1.29 is 22.3 Å². The second-order valence-corrected chi connectivity index (χ2v) is 9.30. The highest BCUT2D eigenvalue weighted by Gasteiger charge is 2.34. The molecule has 0 aliphatic heterocycles. The maximum atomic E-state index is 12.9. The number of hydrogen-bond acceptors (Lipinski definition) is 6. The van der Waals surface area contributed by atoms with Crippen LogP contribution in [0.15, 0.2) is 32.6 Å². The number of carbonyl (C=O) groups excluding carboxylic acids is 1. The summed E-state index contributed by atoms with van der Waals surface area (Å²) in [7, 11) is -3.54. The van der Waals surface area contributed by atoms with E-state index in [1.54, 1.807) is 6.92 Å². The lowest BCUT2D eigenvalue weighted by atomic mass is 9.98. The smallest absolute Gasteiger partial charge is 0.198 e. The van der Waals surface area contributed by atoms with Gasteiger partial charge in [-0.1, -0.05) is 5.16 Å². The Hall–Kier alpha value is -1.64. The Morgan fingerprint density at radius 2 is 2.00 bits per heavy atom. The lowest BCUT2D eigenvalue weighted by Crippen LogP contribution is -2.14. The van der Waals surface area contributed by atoms with E-state index in [-0.39, 0.29) is 21.5 Å². The van der Waals surface area contributed by atoms with E-state index < -0.39 is 21.0 Å². The van der Waals surface area contributed by atoms with Crippen molar-refractivity contribution in [1.29, 1.82) is 0 Å². The second-order valence-electron chi connectivity index (χ2n) is 6.00. The highest BCUT2D eigenvalue weighted by atomic mass is 32.2. The van der Waals surface area contributed by atoms with Crippen molar-refractivity contribution in [3.63, 3.8) is 0 Å². The van der Waals surface area contributed by atoms with Gasteiger partial charge in [0.05, 0.1) is 11.8 Å². The molecule has 24 heavy (non-hydrogen) atoms. The minimum Gasteiger partial charge on any atom is -0.612 e. The molecule has 128 valence electrons. The van der Waals surface area contributed by atoms with Crippen LogP contribution in [-0.2, 0) is 21.0 Å². The predicted molar refractivity (Wildman–Crippen MR) is 88.5 cm³/mol. The van der Waals surface area contributed by atoms with Crippen LogP contribution in [0.25, 0.3) is 0 Å². The number of hydrogen-bond donors (Lipinski definition) is 0. The van der Waals surface area contributed by atoms with Gasteiger partial charge in [-0.2, -0.15) is 0 Å². The summed E-state index contributed by atoms with van der Waals surface area (Å²) in [5, 5.41) is 3.72. The first-order chi connectivity index (χ1) is 11.2. The third-order valence-corrected chi connectivity index (χ3v) is 6.46. The van der Waals surface area contributed by atoms with Crippen LogP contribution >= 0.6 is 0 Å². The summed E-state index contributed by atoms with van der Waals surface area (Å²) >= 11 is -1.54. The third-order valence-electron chi connectivity index (χ3n) is 4.09. The van der Waals surface area contributed by atoms with Crippen molar-refractivity contribution in [2.45, 2.75) is 35.5 Å². The summed E-state index contributed by atoms with van der Waals surface area (Å²) in [6.07, 6.45) is 5.78. The molecule has 1 heterocycles. The van der Waals surface area contributed by atoms with Gasteiger partial charge in [0.1, 0.15) is 11.2 Å². The van der Waals surface area contributed by atoms with Gasteiger partial charge in [-0.25, -0.2) is 8.42 Å². The van der Waals surface area contributed by atoms with E-state index in [4.69, 9.17) is 4.52 Å². The van der Waals surface area contributed by atoms with E-state index in [1.807, 2.05) is 0 Å². The molecule has 1 aromatic heterocycles. The number of carbonyl (C=O) groups is 1. The zero-order valence-corrected chi connectivity index (χ0v) is 15.2. The molecule has 1 aliphatic carbocycles. The molecule has 3 rings (SSSR count). The molecular formula is C16H17NO5S2. The van der Waals surface area contributed by atoms with Crippen LogP contribution in [0.1, 0.15) is 46.0 Å². The van der Waals surface area contributed by atoms with Crippen LogP contribution in [0.4, 0.5) is 0 Å². The highest BCUT2D eigenvalue weighted by molar-refractivity contribution is 7.93. The maximum Gasteiger partial charge on any atom is 0.198 e. The van der Waals surface area contributed by atoms with Gasteiger partial charge in [-0.05, 0) is 43.1 Å². The van der Waals surface area contributed by atoms with Crippen LogP contribution < -0.4 is 0 Å². The quantitative estimate of drug-likeness (QED) is 0.593. The SMILES string of the molecule is Cc1c(C(=O)c2cnoc2C2CC2)ccc(S(C)(=O)=O)c1[S+](C)[O-]. The van der Waals surface area contributed by atoms with Crippen molar-refractivity contribution in [2.24, 2.45) is 0 Å². The van der Waals surface area contributed by atoms with Crippen molar-refractivity contribution >= 4 is 26.8 Å². The van der Waals surface area contributed by atoms with E-state index in [2.05, 4.69) is 5.16 Å². The minimum absolute atomic E-state index is 0.00915. The molecule has 0 bridgehead atoms. The first-order valence-electron chi connectivity index (χ1n) is 7.38. The summed E-state index contributed by atoms with van der Waals surface area (Å²) in [6, 6.07) is 2.81. The van der Waals surface area contributed by atoms with Gasteiger partial charge in [-0.15, -0.1) is 0 Å². The van der Waals surface area contributed by atoms with Gasteiger partial charge in [-0.3, -0.25) is 4.79 Å². The van der Waals surface area contributed by atoms with E-state index >= 15 is 0 Å². The number of nitrogens with zero attached hydrogens (tertiary/aromatic N) is 1. The average Bonchev–Trinajstić information content (AvgIpc) is 3.22. The van der Waals surface area contributed by atoms with Gasteiger partial charge >= 0.3 is 0 Å². The Kier molecular flexibility index (Phi) is 4.31. The van der Waals surface area contributed by atoms with Gasteiger partial charge < -0.3 is 9.08 Å². The normalized spacial score (nSPS) is 16.2. The van der Waals surface area contributed by atoms with Crippen LogP contribution in [0, 0.1) is 6.92 Å². The standard InChI is InChI=1S/C16H17NO5S2/c1-9-11(6-7-13(24(3,20)21)16(9)23(2)19)14(18)12-8-17-22-15(12)10-4-5-10/h6-8,10H,4-5H2,1-3H3. The predicted octanol–water partition coefficient (Wildman–Crippen LogP) is 2.23. The van der Waals surface area contributed by atoms with Gasteiger partial charge in [0, 0.05) is 23.3 Å². The van der Waals surface area contributed by atoms with Gasteiger partial charge in [0.25, 0.3) is 0 Å². The summed E-state index contributed by atoms with van der Waals surface area (Å²) in [5.74, 6) is 0.509. The highest BCUT2D eigenvalue weighted by Crippen LogP contribution is 2.42. The Morgan fingerprint density at radius 1 is 1.33 bits per heavy atom. The van der Waals surface area contributed by atoms with Crippen molar-refractivity contribution in [3.05, 3.63) is 40.8 Å². The number of ketones is 1. The number of aromatic nitrogens is 1. The molecule has 0 N–H and O–H groups in total. The molecule has 1 aromatic carbocycles. The fourth-order valence-corrected chi connectivity index (χ4v) is 5.27. The van der Waals surface area contributed by atoms with Crippen LogP contribution in [0.5, 0.6) is 0 Å². The van der Waals surface area contributed by atoms with Crippen molar-refractivity contribution in [1.82, 2.24) is 5.16 Å². The molecule has 1 atom stereocenters. The molecule has 1 aliphatic rings. The number of sulfone groups is 1. The number of benzene rings is 1. The molecular weight excluding hydrogens is 350 g/mol. The molecule has 1 unspecified atom stereocenters. The molecule has 1 fully saturated rings. The fraction of sp³-hybridized carbons (Fsp3) is 0.375. The molecule has 6 nitrogen and oxygen atoms in total. The largest absolute Gasteiger partial charge is 0.612 e. The molecule has 8 heteroatoms. The first kappa shape index (κ1) is 17.2. The summed E-state index contributed by atoms with van der Waals surface area (Å²) < 4.78 is 41.1. The fourth-order valence-electron chi connectivity index (χ4n) is 2.77. The molecule has 1 saturated carbocycles. The third kappa shape index (κ3) is 3.01. The Balaban J connectivity index is 2.13. The summed E-state index contributed by atoms with van der Waals surface area (Å²) in [6.45, 7) is 1.61. The summed E-state index contributed by atoms with van der Waals surface area (Å²) in [4.78, 5) is 13.0. The van der Waals surface area contributed by atoms with Gasteiger partial charge in [0.2, 0.25) is 0 Å². The summed E-state index contributed by atoms with van der Waals surface area (Å²) in [5.41, 5.74) is 1.12. The Labute approximate surface area is 143 Å². The van der Waals surface area contributed by atoms with Crippen LogP contribution in [0.2, 0.25) is 0 Å². The lowest BCUT2D eigenvalue weighted by Gasteiger charge is -2.14. The van der Waals surface area contributed by atoms with E-state index in [9.17, 15) is 17.8 Å². The molecule has 0 amide bonds. The molecule has 0 saturated heterocycles. The van der Waals surface area contributed by atoms with E-state index in [0.717, 1.165) is 19.1 Å². The topological polar surface area (TPSA) is 100 Å². The van der Waals surface area contributed by atoms with Crippen LogP contribution in [0.3, 0.4) is 0 Å². The second kappa shape index (κ2) is 6.02. The lowest BCUT2D eigenvalue weighted by molar-refractivity contribution is 0.103. The molecule has 0 radical (unpaired) electrons. The van der Waals surface area contributed by atoms with Crippen LogP contribution in [-0.4, -0.2) is 36.4 Å². The van der Waals surface area contributed by atoms with Crippen molar-refractivity contribution in [3.8, 4) is 0 Å². The molecule has 2 aromatic rings. The Bertz CT molecular complexity index is 911. The zero-order chi connectivity index (χ0) is 17.6. The maximum absolute atomic E-state index is 12.9. The Morgan fingerprint density at radius 3 is 2.54 bits per heavy atom.